The van der Waals surface area contributed by atoms with E-state index in [0.29, 0.717) is 12.3 Å². The minimum absolute atomic E-state index is 0.139. The first-order chi connectivity index (χ1) is 7.32. The van der Waals surface area contributed by atoms with Crippen molar-refractivity contribution in [3.8, 4) is 0 Å². The van der Waals surface area contributed by atoms with Crippen LogP contribution in [0.4, 0.5) is 0 Å². The van der Waals surface area contributed by atoms with E-state index in [1.54, 1.807) is 19.0 Å². The van der Waals surface area contributed by atoms with E-state index in [-0.39, 0.29) is 19.0 Å². The van der Waals surface area contributed by atoms with Crippen LogP contribution < -0.4 is 5.32 Å². The third-order valence-corrected chi connectivity index (χ3v) is 2.11. The summed E-state index contributed by atoms with van der Waals surface area (Å²) in [6.45, 7) is 4.43. The maximum absolute atomic E-state index is 11.3. The number of hydrogen-bond donors (Lipinski definition) is 2. The molecule has 0 bridgehead atoms. The van der Waals surface area contributed by atoms with Crippen LogP contribution in [0.3, 0.4) is 0 Å². The van der Waals surface area contributed by atoms with Crippen molar-refractivity contribution in [3.63, 3.8) is 0 Å². The third-order valence-electron chi connectivity index (χ3n) is 2.11. The second-order valence-corrected chi connectivity index (χ2v) is 4.71. The summed E-state index contributed by atoms with van der Waals surface area (Å²) in [5, 5.41) is 11.6. The van der Waals surface area contributed by atoms with Gasteiger partial charge in [-0.3, -0.25) is 9.59 Å². The van der Waals surface area contributed by atoms with Crippen LogP contribution in [0.1, 0.15) is 20.3 Å². The minimum Gasteiger partial charge on any atom is -0.481 e. The first-order valence-electron chi connectivity index (χ1n) is 5.47. The molecule has 0 fully saturated rings. The van der Waals surface area contributed by atoms with Gasteiger partial charge in [-0.05, 0) is 26.4 Å². The van der Waals surface area contributed by atoms with E-state index >= 15 is 0 Å². The number of nitrogens with zero attached hydrogens (tertiary/aromatic N) is 1. The second kappa shape index (κ2) is 7.22. The average Bonchev–Trinajstić information content (AvgIpc) is 2.09. The molecule has 0 saturated carbocycles. The molecule has 0 aliphatic carbocycles. The molecule has 0 aromatic carbocycles. The molecule has 5 nitrogen and oxygen atoms in total. The Hall–Kier alpha value is -1.10. The van der Waals surface area contributed by atoms with Crippen LogP contribution >= 0.6 is 0 Å². The van der Waals surface area contributed by atoms with Crippen molar-refractivity contribution >= 4 is 11.9 Å². The van der Waals surface area contributed by atoms with Crippen molar-refractivity contribution in [2.75, 3.05) is 27.2 Å². The first kappa shape index (κ1) is 14.9. The first-order valence-corrected chi connectivity index (χ1v) is 5.47. The van der Waals surface area contributed by atoms with Gasteiger partial charge in [-0.25, -0.2) is 0 Å². The van der Waals surface area contributed by atoms with Crippen LogP contribution in [0.2, 0.25) is 0 Å². The van der Waals surface area contributed by atoms with Crippen LogP contribution in [0.25, 0.3) is 0 Å². The molecule has 16 heavy (non-hydrogen) atoms. The van der Waals surface area contributed by atoms with Crippen molar-refractivity contribution in [2.45, 2.75) is 20.3 Å². The van der Waals surface area contributed by atoms with Gasteiger partial charge in [-0.2, -0.15) is 0 Å². The van der Waals surface area contributed by atoms with Crippen molar-refractivity contribution in [1.82, 2.24) is 10.2 Å². The van der Waals surface area contributed by atoms with Crippen molar-refractivity contribution in [3.05, 3.63) is 0 Å². The quantitative estimate of drug-likeness (QED) is 0.664. The second-order valence-electron chi connectivity index (χ2n) is 4.71. The summed E-state index contributed by atoms with van der Waals surface area (Å²) in [6, 6.07) is 0. The van der Waals surface area contributed by atoms with Gasteiger partial charge in [0.05, 0.1) is 12.5 Å². The highest BCUT2D eigenvalue weighted by Crippen LogP contribution is 2.10. The molecule has 0 aromatic rings. The molecule has 0 spiro atoms. The molecule has 1 amide bonds. The molecule has 0 heterocycles. The highest BCUT2D eigenvalue weighted by molar-refractivity contribution is 5.79. The van der Waals surface area contributed by atoms with Crippen LogP contribution in [-0.2, 0) is 9.59 Å². The monoisotopic (exact) mass is 230 g/mol. The van der Waals surface area contributed by atoms with E-state index in [1.165, 1.54) is 0 Å². The Labute approximate surface area is 96.8 Å². The number of amides is 1. The molecule has 1 unspecified atom stereocenters. The van der Waals surface area contributed by atoms with Gasteiger partial charge in [0.15, 0.2) is 0 Å². The number of carboxylic acid groups (broad SMARTS) is 1. The van der Waals surface area contributed by atoms with E-state index in [1.807, 2.05) is 13.8 Å². The highest BCUT2D eigenvalue weighted by atomic mass is 16.4. The molecular weight excluding hydrogens is 208 g/mol. The van der Waals surface area contributed by atoms with Gasteiger partial charge >= 0.3 is 5.97 Å². The Morgan fingerprint density at radius 2 is 1.88 bits per heavy atom. The van der Waals surface area contributed by atoms with Gasteiger partial charge in [0.25, 0.3) is 0 Å². The zero-order valence-corrected chi connectivity index (χ0v) is 10.5. The summed E-state index contributed by atoms with van der Waals surface area (Å²) >= 11 is 0. The lowest BCUT2D eigenvalue weighted by Crippen LogP contribution is -2.38. The zero-order chi connectivity index (χ0) is 12.7. The lowest BCUT2D eigenvalue weighted by Gasteiger charge is -2.16. The third kappa shape index (κ3) is 7.23. The molecule has 1 atom stereocenters. The normalized spacial score (nSPS) is 12.9. The molecule has 0 radical (unpaired) electrons. The van der Waals surface area contributed by atoms with E-state index in [0.717, 1.165) is 0 Å². The number of aliphatic carboxylic acids is 1. The minimum atomic E-state index is -0.848. The maximum atomic E-state index is 11.3. The van der Waals surface area contributed by atoms with Crippen molar-refractivity contribution < 1.29 is 14.7 Å². The summed E-state index contributed by atoms with van der Waals surface area (Å²) in [6.07, 6.45) is 0.581. The fraction of sp³-hybridized carbons (Fsp3) is 0.818. The number of carboxylic acids is 1. The van der Waals surface area contributed by atoms with Crippen molar-refractivity contribution in [2.24, 2.45) is 11.8 Å². The van der Waals surface area contributed by atoms with Gasteiger partial charge in [0, 0.05) is 6.54 Å². The maximum Gasteiger partial charge on any atom is 0.308 e. The van der Waals surface area contributed by atoms with Crippen LogP contribution in [0.5, 0.6) is 0 Å². The summed E-state index contributed by atoms with van der Waals surface area (Å²) in [4.78, 5) is 24.0. The number of hydrogen-bond acceptors (Lipinski definition) is 3. The lowest BCUT2D eigenvalue weighted by atomic mass is 9.97. The van der Waals surface area contributed by atoms with E-state index in [9.17, 15) is 9.59 Å². The van der Waals surface area contributed by atoms with E-state index < -0.39 is 11.9 Å². The fourth-order valence-corrected chi connectivity index (χ4v) is 1.42. The molecule has 0 saturated heterocycles. The molecule has 0 rings (SSSR count). The smallest absolute Gasteiger partial charge is 0.308 e. The van der Waals surface area contributed by atoms with E-state index in [2.05, 4.69) is 5.32 Å². The molecule has 94 valence electrons. The Bertz CT molecular complexity index is 239. The fourth-order valence-electron chi connectivity index (χ4n) is 1.42. The van der Waals surface area contributed by atoms with Gasteiger partial charge in [-0.15, -0.1) is 0 Å². The number of rotatable bonds is 7. The summed E-state index contributed by atoms with van der Waals surface area (Å²) in [7, 11) is 3.59. The average molecular weight is 230 g/mol. The Balaban J connectivity index is 4.02. The highest BCUT2D eigenvalue weighted by Gasteiger charge is 2.19. The zero-order valence-electron chi connectivity index (χ0n) is 10.5. The SMILES string of the molecule is CC(C)CC(CNC(=O)CN(C)C)C(=O)O. The number of carbonyl (C=O) groups excluding carboxylic acids is 1. The topological polar surface area (TPSA) is 69.6 Å². The van der Waals surface area contributed by atoms with Gasteiger partial charge in [-0.1, -0.05) is 13.8 Å². The molecule has 0 aromatic heterocycles. The Morgan fingerprint density at radius 1 is 1.31 bits per heavy atom. The van der Waals surface area contributed by atoms with Gasteiger partial charge in [0.1, 0.15) is 0 Å². The molecular formula is C11H22N2O3. The van der Waals surface area contributed by atoms with Gasteiger partial charge < -0.3 is 15.3 Å². The van der Waals surface area contributed by atoms with E-state index in [4.69, 9.17) is 5.11 Å². The molecule has 0 aliphatic rings. The summed E-state index contributed by atoms with van der Waals surface area (Å²) < 4.78 is 0. The van der Waals surface area contributed by atoms with Crippen LogP contribution in [-0.4, -0.2) is 49.1 Å². The largest absolute Gasteiger partial charge is 0.481 e. The standard InChI is InChI=1S/C11H22N2O3/c1-8(2)5-9(11(15)16)6-12-10(14)7-13(3)4/h8-9H,5-7H2,1-4H3,(H,12,14)(H,15,16). The lowest BCUT2D eigenvalue weighted by molar-refractivity contribution is -0.142. The Kier molecular flexibility index (Phi) is 6.72. The molecule has 5 heteroatoms. The number of carbonyl (C=O) groups is 2. The summed E-state index contributed by atoms with van der Waals surface area (Å²) in [5.74, 6) is -1.17. The summed E-state index contributed by atoms with van der Waals surface area (Å²) in [5.41, 5.74) is 0. The predicted molar refractivity (Wildman–Crippen MR) is 62.1 cm³/mol. The number of likely N-dealkylation sites (N-methyl/N-ethyl adjacent to an activating group) is 1. The van der Waals surface area contributed by atoms with Crippen LogP contribution in [0, 0.1) is 11.8 Å². The molecule has 2 N–H and O–H groups in total. The predicted octanol–water partition coefficient (Wildman–Crippen LogP) is 0.411. The molecule has 0 aliphatic heterocycles. The van der Waals surface area contributed by atoms with Crippen LogP contribution in [0.15, 0.2) is 0 Å². The van der Waals surface area contributed by atoms with Gasteiger partial charge in [0.2, 0.25) is 5.91 Å². The van der Waals surface area contributed by atoms with Crippen molar-refractivity contribution in [1.29, 1.82) is 0 Å². The number of nitrogens with one attached hydrogen (secondary N) is 1. The Morgan fingerprint density at radius 3 is 2.25 bits per heavy atom.